The van der Waals surface area contributed by atoms with E-state index in [0.717, 1.165) is 0 Å². The lowest BCUT2D eigenvalue weighted by atomic mass is 9.87. The predicted octanol–water partition coefficient (Wildman–Crippen LogP) is 0.767. The first kappa shape index (κ1) is 9.80. The molecule has 5 heteroatoms. The van der Waals surface area contributed by atoms with Crippen molar-refractivity contribution < 1.29 is 18.3 Å². The molecule has 1 heterocycles. The van der Waals surface area contributed by atoms with Crippen LogP contribution in [0.25, 0.3) is 0 Å². The molecule has 72 valence electrons. The van der Waals surface area contributed by atoms with Crippen LogP contribution in [0.4, 0.5) is 13.2 Å². The van der Waals surface area contributed by atoms with E-state index < -0.39 is 18.0 Å². The van der Waals surface area contributed by atoms with Gasteiger partial charge in [0.1, 0.15) is 0 Å². The zero-order chi connectivity index (χ0) is 9.19. The third-order valence-corrected chi connectivity index (χ3v) is 2.28. The summed E-state index contributed by atoms with van der Waals surface area (Å²) in [6.07, 6.45) is -3.78. The van der Waals surface area contributed by atoms with Crippen LogP contribution in [0.2, 0.25) is 0 Å². The number of halogens is 3. The number of aliphatic hydroxyl groups excluding tert-OH is 1. The van der Waals surface area contributed by atoms with Crippen molar-refractivity contribution in [2.24, 2.45) is 11.8 Å². The molecule has 0 aromatic rings. The minimum absolute atomic E-state index is 0.0608. The Morgan fingerprint density at radius 1 is 1.42 bits per heavy atom. The molecule has 2 atom stereocenters. The fraction of sp³-hybridized carbons (Fsp3) is 1.00. The summed E-state index contributed by atoms with van der Waals surface area (Å²) >= 11 is 0. The molecule has 0 unspecified atom stereocenters. The van der Waals surface area contributed by atoms with Gasteiger partial charge in [-0.2, -0.15) is 13.2 Å². The van der Waals surface area contributed by atoms with Crippen LogP contribution in [0.3, 0.4) is 0 Å². The molecule has 0 spiro atoms. The molecule has 0 aromatic carbocycles. The standard InChI is InChI=1S/C7H12F3NO/c8-7(9,10)6-3-11-2-1-5(6)4-12/h5-6,11-12H,1-4H2/t5-,6+/m1/s1. The van der Waals surface area contributed by atoms with Crippen LogP contribution in [-0.2, 0) is 0 Å². The third-order valence-electron chi connectivity index (χ3n) is 2.28. The highest BCUT2D eigenvalue weighted by molar-refractivity contribution is 4.82. The topological polar surface area (TPSA) is 32.3 Å². The van der Waals surface area contributed by atoms with E-state index >= 15 is 0 Å². The number of hydrogen-bond acceptors (Lipinski definition) is 2. The van der Waals surface area contributed by atoms with Gasteiger partial charge in [-0.05, 0) is 18.9 Å². The molecule has 1 saturated heterocycles. The molecule has 0 bridgehead atoms. The molecular formula is C7H12F3NO. The lowest BCUT2D eigenvalue weighted by Crippen LogP contribution is -2.45. The van der Waals surface area contributed by atoms with Crippen molar-refractivity contribution in [2.45, 2.75) is 12.6 Å². The number of hydrogen-bond donors (Lipinski definition) is 2. The first-order chi connectivity index (χ1) is 5.55. The highest BCUT2D eigenvalue weighted by atomic mass is 19.4. The second-order valence-corrected chi connectivity index (χ2v) is 3.08. The quantitative estimate of drug-likeness (QED) is 0.629. The smallest absolute Gasteiger partial charge is 0.393 e. The lowest BCUT2D eigenvalue weighted by Gasteiger charge is -2.32. The molecule has 12 heavy (non-hydrogen) atoms. The predicted molar refractivity (Wildman–Crippen MR) is 37.6 cm³/mol. The maximum absolute atomic E-state index is 12.2. The normalized spacial score (nSPS) is 32.0. The van der Waals surface area contributed by atoms with Crippen LogP contribution in [0, 0.1) is 11.8 Å². The van der Waals surface area contributed by atoms with Gasteiger partial charge in [0.25, 0.3) is 0 Å². The van der Waals surface area contributed by atoms with Gasteiger partial charge in [0.2, 0.25) is 0 Å². The van der Waals surface area contributed by atoms with E-state index in [9.17, 15) is 13.2 Å². The zero-order valence-electron chi connectivity index (χ0n) is 6.56. The Bertz CT molecular complexity index is 148. The van der Waals surface area contributed by atoms with E-state index in [1.165, 1.54) is 0 Å². The van der Waals surface area contributed by atoms with Crippen molar-refractivity contribution >= 4 is 0 Å². The monoisotopic (exact) mass is 183 g/mol. The van der Waals surface area contributed by atoms with Crippen molar-refractivity contribution in [2.75, 3.05) is 19.7 Å². The molecule has 1 aliphatic rings. The Morgan fingerprint density at radius 3 is 2.50 bits per heavy atom. The van der Waals surface area contributed by atoms with Gasteiger partial charge < -0.3 is 10.4 Å². The Kier molecular flexibility index (Phi) is 2.95. The van der Waals surface area contributed by atoms with Crippen LogP contribution in [0.1, 0.15) is 6.42 Å². The largest absolute Gasteiger partial charge is 0.396 e. The Balaban J connectivity index is 2.59. The van der Waals surface area contributed by atoms with Gasteiger partial charge in [-0.25, -0.2) is 0 Å². The summed E-state index contributed by atoms with van der Waals surface area (Å²) in [5, 5.41) is 11.4. The summed E-state index contributed by atoms with van der Waals surface area (Å²) in [7, 11) is 0. The minimum Gasteiger partial charge on any atom is -0.396 e. The second-order valence-electron chi connectivity index (χ2n) is 3.08. The SMILES string of the molecule is OC[C@H]1CCNC[C@@H]1C(F)(F)F. The number of alkyl halides is 3. The van der Waals surface area contributed by atoms with Crippen molar-refractivity contribution in [1.82, 2.24) is 5.32 Å². The van der Waals surface area contributed by atoms with E-state index in [0.29, 0.717) is 13.0 Å². The van der Waals surface area contributed by atoms with Gasteiger partial charge in [-0.3, -0.25) is 0 Å². The van der Waals surface area contributed by atoms with E-state index in [4.69, 9.17) is 5.11 Å². The molecule has 2 nitrogen and oxygen atoms in total. The zero-order valence-corrected chi connectivity index (χ0v) is 6.56. The maximum Gasteiger partial charge on any atom is 0.393 e. The summed E-state index contributed by atoms with van der Waals surface area (Å²) < 4.78 is 36.7. The van der Waals surface area contributed by atoms with Gasteiger partial charge in [0.05, 0.1) is 5.92 Å². The number of rotatable bonds is 1. The van der Waals surface area contributed by atoms with Gasteiger partial charge >= 0.3 is 6.18 Å². The van der Waals surface area contributed by atoms with E-state index in [1.807, 2.05) is 0 Å². The lowest BCUT2D eigenvalue weighted by molar-refractivity contribution is -0.195. The first-order valence-corrected chi connectivity index (χ1v) is 3.94. The van der Waals surface area contributed by atoms with Crippen LogP contribution in [0.15, 0.2) is 0 Å². The van der Waals surface area contributed by atoms with Crippen molar-refractivity contribution in [3.63, 3.8) is 0 Å². The highest BCUT2D eigenvalue weighted by Crippen LogP contribution is 2.34. The number of nitrogens with one attached hydrogen (secondary N) is 1. The molecule has 0 amide bonds. The van der Waals surface area contributed by atoms with Gasteiger partial charge in [-0.15, -0.1) is 0 Å². The molecule has 1 rings (SSSR count). The molecular weight excluding hydrogens is 171 g/mol. The minimum atomic E-state index is -4.18. The summed E-state index contributed by atoms with van der Waals surface area (Å²) in [4.78, 5) is 0. The molecule has 1 aliphatic heterocycles. The van der Waals surface area contributed by atoms with Gasteiger partial charge in [0, 0.05) is 13.2 Å². The average Bonchev–Trinajstić information content (AvgIpc) is 2.03. The average molecular weight is 183 g/mol. The number of aliphatic hydroxyl groups is 1. The van der Waals surface area contributed by atoms with Crippen molar-refractivity contribution in [3.05, 3.63) is 0 Å². The molecule has 2 N–H and O–H groups in total. The van der Waals surface area contributed by atoms with Crippen LogP contribution in [-0.4, -0.2) is 31.0 Å². The third kappa shape index (κ3) is 2.10. The van der Waals surface area contributed by atoms with Crippen LogP contribution >= 0.6 is 0 Å². The summed E-state index contributed by atoms with van der Waals surface area (Å²) in [5.41, 5.74) is 0. The fourth-order valence-electron chi connectivity index (χ4n) is 1.51. The van der Waals surface area contributed by atoms with Crippen LogP contribution < -0.4 is 5.32 Å². The molecule has 0 saturated carbocycles. The molecule has 0 aliphatic carbocycles. The Labute approximate surface area is 68.8 Å². The molecule has 0 aromatic heterocycles. The second kappa shape index (κ2) is 3.62. The fourth-order valence-corrected chi connectivity index (χ4v) is 1.51. The van der Waals surface area contributed by atoms with E-state index in [2.05, 4.69) is 5.32 Å². The van der Waals surface area contributed by atoms with Gasteiger partial charge in [0.15, 0.2) is 0 Å². The van der Waals surface area contributed by atoms with E-state index in [1.54, 1.807) is 0 Å². The van der Waals surface area contributed by atoms with Crippen LogP contribution in [0.5, 0.6) is 0 Å². The number of piperidine rings is 1. The molecule has 1 fully saturated rings. The summed E-state index contributed by atoms with van der Waals surface area (Å²) in [6, 6.07) is 0. The maximum atomic E-state index is 12.2. The van der Waals surface area contributed by atoms with E-state index in [-0.39, 0.29) is 13.2 Å². The summed E-state index contributed by atoms with van der Waals surface area (Å²) in [6.45, 7) is 0.137. The summed E-state index contributed by atoms with van der Waals surface area (Å²) in [5.74, 6) is -2.00. The van der Waals surface area contributed by atoms with Crippen molar-refractivity contribution in [1.29, 1.82) is 0 Å². The Morgan fingerprint density at radius 2 is 2.08 bits per heavy atom. The van der Waals surface area contributed by atoms with Crippen molar-refractivity contribution in [3.8, 4) is 0 Å². The first-order valence-electron chi connectivity index (χ1n) is 3.94. The highest BCUT2D eigenvalue weighted by Gasteiger charge is 2.45. The Hall–Kier alpha value is -0.290. The molecule has 0 radical (unpaired) electrons. The van der Waals surface area contributed by atoms with Gasteiger partial charge in [-0.1, -0.05) is 0 Å².